The SMILES string of the molecule is Cc1nc(Cc2ccccc2)[n+]([O-])c(C)c1O. The third-order valence-corrected chi connectivity index (χ3v) is 2.73. The number of nitrogens with zero attached hydrogens (tertiary/aromatic N) is 2. The van der Waals surface area contributed by atoms with Crippen molar-refractivity contribution >= 4 is 0 Å². The molecule has 2 rings (SSSR count). The van der Waals surface area contributed by atoms with Crippen LogP contribution >= 0.6 is 0 Å². The summed E-state index contributed by atoms with van der Waals surface area (Å²) in [6.45, 7) is 3.28. The number of benzene rings is 1. The molecule has 88 valence electrons. The van der Waals surface area contributed by atoms with Crippen molar-refractivity contribution in [2.45, 2.75) is 20.3 Å². The minimum absolute atomic E-state index is 0.0307. The van der Waals surface area contributed by atoms with E-state index in [-0.39, 0.29) is 5.75 Å². The van der Waals surface area contributed by atoms with Gasteiger partial charge in [-0.15, -0.1) is 0 Å². The number of aromatic nitrogens is 2. The zero-order valence-electron chi connectivity index (χ0n) is 9.84. The van der Waals surface area contributed by atoms with Crippen molar-refractivity contribution in [2.24, 2.45) is 0 Å². The van der Waals surface area contributed by atoms with Crippen LogP contribution in [0.4, 0.5) is 0 Å². The first-order valence-corrected chi connectivity index (χ1v) is 5.42. The molecular formula is C13H14N2O2. The standard InChI is InChI=1S/C13H14N2O2/c1-9-13(16)10(2)15(17)12(14-9)8-11-6-4-3-5-7-11/h3-7,16H,8H2,1-2H3. The number of rotatable bonds is 2. The number of hydrogen-bond donors (Lipinski definition) is 1. The van der Waals surface area contributed by atoms with Crippen LogP contribution in [0.1, 0.15) is 22.8 Å². The van der Waals surface area contributed by atoms with Crippen molar-refractivity contribution < 1.29 is 9.84 Å². The summed E-state index contributed by atoms with van der Waals surface area (Å²) in [7, 11) is 0. The summed E-state index contributed by atoms with van der Waals surface area (Å²) >= 11 is 0. The Kier molecular flexibility index (Phi) is 2.95. The lowest BCUT2D eigenvalue weighted by atomic mass is 10.1. The Bertz CT molecular complexity index is 539. The van der Waals surface area contributed by atoms with E-state index in [1.54, 1.807) is 13.8 Å². The molecule has 0 amide bonds. The minimum atomic E-state index is -0.0307. The maximum atomic E-state index is 11.8. The molecule has 2 aromatic rings. The van der Waals surface area contributed by atoms with Crippen LogP contribution in [0, 0.1) is 19.1 Å². The van der Waals surface area contributed by atoms with E-state index in [0.29, 0.717) is 28.4 Å². The summed E-state index contributed by atoms with van der Waals surface area (Å²) in [4.78, 5) is 4.13. The molecule has 0 radical (unpaired) electrons. The molecule has 0 unspecified atom stereocenters. The Balaban J connectivity index is 2.41. The van der Waals surface area contributed by atoms with E-state index in [9.17, 15) is 10.3 Å². The van der Waals surface area contributed by atoms with Gasteiger partial charge in [0.25, 0.3) is 0 Å². The van der Waals surface area contributed by atoms with Crippen molar-refractivity contribution in [3.05, 3.63) is 58.3 Å². The molecule has 0 saturated heterocycles. The Hall–Kier alpha value is -2.10. The van der Waals surface area contributed by atoms with Crippen LogP contribution in [0.2, 0.25) is 0 Å². The summed E-state index contributed by atoms with van der Waals surface area (Å²) in [5.41, 5.74) is 1.80. The fourth-order valence-electron chi connectivity index (χ4n) is 1.73. The van der Waals surface area contributed by atoms with Crippen molar-refractivity contribution in [3.8, 4) is 5.75 Å². The summed E-state index contributed by atoms with van der Waals surface area (Å²) in [6.07, 6.45) is 0.465. The third kappa shape index (κ3) is 2.20. The predicted molar refractivity (Wildman–Crippen MR) is 63.6 cm³/mol. The number of aryl methyl sites for hydroxylation is 1. The minimum Gasteiger partial charge on any atom is -0.710 e. The van der Waals surface area contributed by atoms with Gasteiger partial charge >= 0.3 is 5.82 Å². The monoisotopic (exact) mass is 230 g/mol. The van der Waals surface area contributed by atoms with Crippen LogP contribution in [0.3, 0.4) is 0 Å². The van der Waals surface area contributed by atoms with E-state index in [0.717, 1.165) is 5.56 Å². The summed E-state index contributed by atoms with van der Waals surface area (Å²) in [5, 5.41) is 21.4. The van der Waals surface area contributed by atoms with Crippen LogP contribution in [-0.2, 0) is 6.42 Å². The highest BCUT2D eigenvalue weighted by molar-refractivity contribution is 5.27. The molecule has 0 bridgehead atoms. The zero-order valence-corrected chi connectivity index (χ0v) is 9.84. The quantitative estimate of drug-likeness (QED) is 0.630. The molecule has 4 nitrogen and oxygen atoms in total. The molecule has 0 atom stereocenters. The van der Waals surface area contributed by atoms with E-state index in [2.05, 4.69) is 4.98 Å². The first-order valence-electron chi connectivity index (χ1n) is 5.42. The second-order valence-corrected chi connectivity index (χ2v) is 4.00. The molecule has 1 heterocycles. The van der Waals surface area contributed by atoms with E-state index in [1.807, 2.05) is 30.3 Å². The maximum Gasteiger partial charge on any atom is 0.306 e. The lowest BCUT2D eigenvalue weighted by Crippen LogP contribution is -2.37. The van der Waals surface area contributed by atoms with Crippen LogP contribution in [0.25, 0.3) is 0 Å². The lowest BCUT2D eigenvalue weighted by Gasteiger charge is -2.11. The van der Waals surface area contributed by atoms with E-state index < -0.39 is 0 Å². The Labute approximate surface area is 99.8 Å². The molecule has 0 aliphatic rings. The molecule has 0 spiro atoms. The Morgan fingerprint density at radius 1 is 1.24 bits per heavy atom. The van der Waals surface area contributed by atoms with Gasteiger partial charge in [-0.25, -0.2) is 4.73 Å². The molecule has 0 aliphatic heterocycles. The molecule has 0 saturated carbocycles. The number of hydrogen-bond acceptors (Lipinski definition) is 3. The number of aromatic hydroxyl groups is 1. The van der Waals surface area contributed by atoms with Gasteiger partial charge in [0.2, 0.25) is 5.75 Å². The fraction of sp³-hybridized carbons (Fsp3) is 0.231. The highest BCUT2D eigenvalue weighted by Gasteiger charge is 2.17. The molecular weight excluding hydrogens is 216 g/mol. The molecule has 0 aliphatic carbocycles. The summed E-state index contributed by atoms with van der Waals surface area (Å²) in [5.74, 6) is 0.376. The van der Waals surface area contributed by atoms with Gasteiger partial charge in [-0.1, -0.05) is 30.3 Å². The molecule has 4 heteroatoms. The normalized spacial score (nSPS) is 10.5. The lowest BCUT2D eigenvalue weighted by molar-refractivity contribution is -0.624. The van der Waals surface area contributed by atoms with Gasteiger partial charge in [0.15, 0.2) is 5.69 Å². The topological polar surface area (TPSA) is 60.1 Å². The highest BCUT2D eigenvalue weighted by Crippen LogP contribution is 2.16. The maximum absolute atomic E-state index is 11.8. The molecule has 17 heavy (non-hydrogen) atoms. The molecule has 1 aromatic heterocycles. The largest absolute Gasteiger partial charge is 0.710 e. The average molecular weight is 230 g/mol. The van der Waals surface area contributed by atoms with Crippen molar-refractivity contribution in [2.75, 3.05) is 0 Å². The van der Waals surface area contributed by atoms with E-state index in [1.165, 1.54) is 0 Å². The first kappa shape index (κ1) is 11.4. The molecule has 1 aromatic carbocycles. The van der Waals surface area contributed by atoms with Gasteiger partial charge in [-0.05, 0) is 10.5 Å². The predicted octanol–water partition coefficient (Wildman–Crippen LogP) is 1.63. The second kappa shape index (κ2) is 4.41. The van der Waals surface area contributed by atoms with E-state index in [4.69, 9.17) is 0 Å². The fourth-order valence-corrected chi connectivity index (χ4v) is 1.73. The molecule has 1 N–H and O–H groups in total. The van der Waals surface area contributed by atoms with Gasteiger partial charge in [0, 0.05) is 13.8 Å². The van der Waals surface area contributed by atoms with Gasteiger partial charge < -0.3 is 10.3 Å². The Morgan fingerprint density at radius 3 is 2.53 bits per heavy atom. The molecule has 0 fully saturated rings. The van der Waals surface area contributed by atoms with Crippen LogP contribution in [0.15, 0.2) is 30.3 Å². The zero-order chi connectivity index (χ0) is 12.4. The van der Waals surface area contributed by atoms with E-state index >= 15 is 0 Å². The van der Waals surface area contributed by atoms with Crippen LogP contribution in [0.5, 0.6) is 5.75 Å². The smallest absolute Gasteiger partial charge is 0.306 e. The van der Waals surface area contributed by atoms with Crippen LogP contribution < -0.4 is 4.73 Å². The second-order valence-electron chi connectivity index (χ2n) is 4.00. The van der Waals surface area contributed by atoms with Crippen molar-refractivity contribution in [1.29, 1.82) is 0 Å². The van der Waals surface area contributed by atoms with Gasteiger partial charge in [0.1, 0.15) is 5.69 Å². The van der Waals surface area contributed by atoms with Crippen molar-refractivity contribution in [1.82, 2.24) is 4.98 Å². The van der Waals surface area contributed by atoms with Gasteiger partial charge in [-0.3, -0.25) is 0 Å². The first-order chi connectivity index (χ1) is 8.09. The van der Waals surface area contributed by atoms with Gasteiger partial charge in [0.05, 0.1) is 6.42 Å². The summed E-state index contributed by atoms with van der Waals surface area (Å²) < 4.78 is 0.690. The average Bonchev–Trinajstić information content (AvgIpc) is 2.35. The summed E-state index contributed by atoms with van der Waals surface area (Å²) in [6, 6.07) is 9.66. The van der Waals surface area contributed by atoms with Crippen molar-refractivity contribution in [3.63, 3.8) is 0 Å². The van der Waals surface area contributed by atoms with Crippen LogP contribution in [-0.4, -0.2) is 10.1 Å². The Morgan fingerprint density at radius 2 is 1.88 bits per heavy atom. The highest BCUT2D eigenvalue weighted by atomic mass is 16.5. The third-order valence-electron chi connectivity index (χ3n) is 2.73. The van der Waals surface area contributed by atoms with Gasteiger partial charge in [-0.2, -0.15) is 0 Å².